The van der Waals surface area contributed by atoms with Crippen molar-refractivity contribution in [1.82, 2.24) is 9.80 Å². The predicted molar refractivity (Wildman–Crippen MR) is 90.3 cm³/mol. The van der Waals surface area contributed by atoms with Crippen LogP contribution in [0.25, 0.3) is 0 Å². The molecule has 4 fully saturated rings. The van der Waals surface area contributed by atoms with Gasteiger partial charge in [-0.05, 0) is 57.0 Å². The number of rotatable bonds is 1. The van der Waals surface area contributed by atoms with Gasteiger partial charge in [0.1, 0.15) is 0 Å². The zero-order valence-electron chi connectivity index (χ0n) is 15.3. The van der Waals surface area contributed by atoms with Crippen molar-refractivity contribution in [1.29, 1.82) is 0 Å². The molecule has 0 saturated carbocycles. The average molecular weight is 298 g/mol. The largest absolute Gasteiger partial charge is 1.00 e. The van der Waals surface area contributed by atoms with Crippen molar-refractivity contribution in [2.75, 3.05) is 26.2 Å². The minimum absolute atomic E-state index is 0. The van der Waals surface area contributed by atoms with Crippen LogP contribution in [0.1, 0.15) is 65.2 Å². The molecule has 3 heteroatoms. The molecule has 0 aromatic carbocycles. The molecule has 0 radical (unpaired) electrons. The van der Waals surface area contributed by atoms with Crippen LogP contribution in [0.3, 0.4) is 0 Å². The molecule has 4 aliphatic heterocycles. The van der Waals surface area contributed by atoms with Gasteiger partial charge in [-0.15, -0.1) is 0 Å². The van der Waals surface area contributed by atoms with E-state index in [0.717, 1.165) is 23.9 Å². The van der Waals surface area contributed by atoms with Crippen LogP contribution in [-0.2, 0) is 0 Å². The number of nitrogens with zero attached hydrogens (tertiary/aromatic N) is 2. The molecule has 0 unspecified atom stereocenters. The monoisotopic (exact) mass is 298 g/mol. The summed E-state index contributed by atoms with van der Waals surface area (Å²) in [4.78, 5) is 5.74. The van der Waals surface area contributed by atoms with Crippen molar-refractivity contribution in [2.45, 2.75) is 77.3 Å². The molecule has 0 aromatic rings. The molecule has 0 N–H and O–H groups in total. The van der Waals surface area contributed by atoms with E-state index in [1.54, 1.807) is 6.42 Å². The van der Waals surface area contributed by atoms with Gasteiger partial charge in [-0.3, -0.25) is 9.80 Å². The molecule has 122 valence electrons. The van der Waals surface area contributed by atoms with Gasteiger partial charge in [0.05, 0.1) is 0 Å². The second-order valence-corrected chi connectivity index (χ2v) is 7.69. The Hall–Kier alpha value is 0.517. The van der Waals surface area contributed by atoms with Gasteiger partial charge < -0.3 is 6.42 Å². The molecule has 2 bridgehead atoms. The molecule has 4 saturated heterocycles. The van der Waals surface area contributed by atoms with Crippen molar-refractivity contribution in [3.05, 3.63) is 6.42 Å². The maximum atomic E-state index is 2.87. The Kier molecular flexibility index (Phi) is 7.81. The van der Waals surface area contributed by atoms with Crippen molar-refractivity contribution in [3.63, 3.8) is 0 Å². The first-order valence-electron chi connectivity index (χ1n) is 9.59. The summed E-state index contributed by atoms with van der Waals surface area (Å²) in [5, 5.41) is 0. The van der Waals surface area contributed by atoms with Crippen molar-refractivity contribution < 1.29 is 18.9 Å². The molecular weight excluding hydrogens is 263 g/mol. The first kappa shape index (κ1) is 18.9. The third-order valence-corrected chi connectivity index (χ3v) is 6.37. The van der Waals surface area contributed by atoms with Crippen molar-refractivity contribution in [3.8, 4) is 0 Å². The van der Waals surface area contributed by atoms with Crippen molar-refractivity contribution >= 4 is 0 Å². The number of hydrogen-bond donors (Lipinski definition) is 0. The van der Waals surface area contributed by atoms with Crippen LogP contribution in [0, 0.1) is 18.3 Å². The minimum Gasteiger partial charge on any atom is -0.332 e. The molecular formula is C19H35LiN2. The van der Waals surface area contributed by atoms with Crippen LogP contribution < -0.4 is 18.9 Å². The Balaban J connectivity index is 0.000000319. The van der Waals surface area contributed by atoms with Crippen LogP contribution in [0.5, 0.6) is 0 Å². The number of fused-ring (bicyclic) bond motifs is 6. The summed E-state index contributed by atoms with van der Waals surface area (Å²) in [6, 6.07) is 1.92. The Labute approximate surface area is 150 Å². The zero-order chi connectivity index (χ0) is 14.7. The normalized spacial score (nSPS) is 37.9. The quantitative estimate of drug-likeness (QED) is 0.526. The van der Waals surface area contributed by atoms with E-state index < -0.39 is 0 Å². The Morgan fingerprint density at radius 1 is 0.864 bits per heavy atom. The molecule has 4 rings (SSSR count). The smallest absolute Gasteiger partial charge is 0.332 e. The SMILES string of the molecule is C1CCN2C[C@H]3C[C@H](CN4CCCC[C@@H]34)[C@H]2C1.C[CH-]CC.[Li+]. The summed E-state index contributed by atoms with van der Waals surface area (Å²) in [5.41, 5.74) is 0. The Morgan fingerprint density at radius 3 is 1.73 bits per heavy atom. The number of piperidine rings is 4. The summed E-state index contributed by atoms with van der Waals surface area (Å²) in [6.45, 7) is 9.86. The fourth-order valence-corrected chi connectivity index (χ4v) is 5.25. The van der Waals surface area contributed by atoms with E-state index in [4.69, 9.17) is 0 Å². The second-order valence-electron chi connectivity index (χ2n) is 7.69. The van der Waals surface area contributed by atoms with Crippen LogP contribution >= 0.6 is 0 Å². The first-order chi connectivity index (χ1) is 10.3. The topological polar surface area (TPSA) is 6.48 Å². The Morgan fingerprint density at radius 2 is 1.32 bits per heavy atom. The van der Waals surface area contributed by atoms with E-state index in [-0.39, 0.29) is 18.9 Å². The zero-order valence-corrected chi connectivity index (χ0v) is 15.3. The minimum atomic E-state index is 0. The molecule has 0 amide bonds. The van der Waals surface area contributed by atoms with Crippen LogP contribution in [-0.4, -0.2) is 48.1 Å². The van der Waals surface area contributed by atoms with Gasteiger partial charge in [-0.1, -0.05) is 19.8 Å². The van der Waals surface area contributed by atoms with Crippen molar-refractivity contribution in [2.24, 2.45) is 11.8 Å². The van der Waals surface area contributed by atoms with Gasteiger partial charge in [0.15, 0.2) is 0 Å². The standard InChI is InChI=1S/C15H26N2.C4H9.Li/c1-3-7-16-11-13-9-12(14(16)5-1)10-17-8-4-2-6-15(13)17;1-3-4-2;/h12-15H,1-11H2;3H,4H2,1-2H3;/q;-1;+1/t12-,13-,14-,15+;;/m1../s1. The molecule has 22 heavy (non-hydrogen) atoms. The molecule has 4 heterocycles. The fraction of sp³-hybridized carbons (Fsp3) is 0.947. The van der Waals surface area contributed by atoms with Crippen LogP contribution in [0.15, 0.2) is 0 Å². The summed E-state index contributed by atoms with van der Waals surface area (Å²) in [7, 11) is 0. The van der Waals surface area contributed by atoms with Crippen LogP contribution in [0.2, 0.25) is 0 Å². The summed E-state index contributed by atoms with van der Waals surface area (Å²) in [6.07, 6.45) is 13.8. The number of hydrogen-bond acceptors (Lipinski definition) is 2. The average Bonchev–Trinajstić information content (AvgIpc) is 2.55. The first-order valence-corrected chi connectivity index (χ1v) is 9.59. The predicted octanol–water partition coefficient (Wildman–Crippen LogP) is 0.970. The van der Waals surface area contributed by atoms with Gasteiger partial charge >= 0.3 is 18.9 Å². The molecule has 0 spiro atoms. The van der Waals surface area contributed by atoms with Gasteiger partial charge in [0.25, 0.3) is 0 Å². The number of unbranched alkanes of at least 4 members (excludes halogenated alkanes) is 1. The van der Waals surface area contributed by atoms with E-state index in [1.807, 2.05) is 0 Å². The molecule has 0 aromatic heterocycles. The molecule has 4 aliphatic rings. The van der Waals surface area contributed by atoms with E-state index >= 15 is 0 Å². The molecule has 0 aliphatic carbocycles. The summed E-state index contributed by atoms with van der Waals surface area (Å²) < 4.78 is 0. The fourth-order valence-electron chi connectivity index (χ4n) is 5.25. The molecule has 4 atom stereocenters. The van der Waals surface area contributed by atoms with Gasteiger partial charge in [-0.2, -0.15) is 13.3 Å². The van der Waals surface area contributed by atoms with E-state index in [0.29, 0.717) is 0 Å². The maximum Gasteiger partial charge on any atom is 1.00 e. The molecule has 2 nitrogen and oxygen atoms in total. The van der Waals surface area contributed by atoms with E-state index in [9.17, 15) is 0 Å². The van der Waals surface area contributed by atoms with Gasteiger partial charge in [0.2, 0.25) is 0 Å². The second kappa shape index (κ2) is 9.12. The Bertz CT molecular complexity index is 293. The van der Waals surface area contributed by atoms with Gasteiger partial charge in [-0.25, -0.2) is 0 Å². The maximum absolute atomic E-state index is 2.87. The van der Waals surface area contributed by atoms with E-state index in [1.165, 1.54) is 71.1 Å². The van der Waals surface area contributed by atoms with Gasteiger partial charge in [0, 0.05) is 25.2 Å². The summed E-state index contributed by atoms with van der Waals surface area (Å²) >= 11 is 0. The van der Waals surface area contributed by atoms with E-state index in [2.05, 4.69) is 30.1 Å². The summed E-state index contributed by atoms with van der Waals surface area (Å²) in [5.74, 6) is 2.03. The van der Waals surface area contributed by atoms with Crippen LogP contribution in [0.4, 0.5) is 0 Å². The third kappa shape index (κ3) is 4.13. The third-order valence-electron chi connectivity index (χ3n) is 6.37.